The molecule has 8 heterocycles. The molecule has 5 saturated heterocycles. The monoisotopic (exact) mass is 1490 g/mol. The van der Waals surface area contributed by atoms with Gasteiger partial charge in [-0.1, -0.05) is 152 Å². The van der Waals surface area contributed by atoms with Crippen LogP contribution in [0.5, 0.6) is 0 Å². The summed E-state index contributed by atoms with van der Waals surface area (Å²) in [5.41, 5.74) is 0.425. The molecule has 4 unspecified atom stereocenters. The zero-order chi connectivity index (χ0) is 69.6. The number of alkyl halides is 1. The summed E-state index contributed by atoms with van der Waals surface area (Å²) in [7, 11) is -10.4. The van der Waals surface area contributed by atoms with Crippen LogP contribution in [0.1, 0.15) is 201 Å². The number of Topliss-reactive ketones (excluding diaryl/α,β-unsaturated/α-hetero) is 1. The normalized spacial score (nSPS) is 35.1. The molecule has 92 heavy (non-hydrogen) atoms. The van der Waals surface area contributed by atoms with Gasteiger partial charge in [0, 0.05) is 56.5 Å². The maximum atomic E-state index is 15.5. The first kappa shape index (κ1) is 81.0. The van der Waals surface area contributed by atoms with Gasteiger partial charge in [-0.15, -0.1) is 0 Å². The molecule has 14 nitrogen and oxygen atoms in total. The van der Waals surface area contributed by atoms with Crippen molar-refractivity contribution in [2.24, 2.45) is 11.8 Å². The third-order valence-corrected chi connectivity index (χ3v) is 48.1. The number of ether oxygens (including phenoxy) is 7. The number of halogens is 1. The number of carbonyl (C=O) groups excluding carboxylic acids is 2. The van der Waals surface area contributed by atoms with E-state index in [4.69, 9.17) is 61.9 Å². The lowest BCUT2D eigenvalue weighted by Gasteiger charge is -2.56. The smallest absolute Gasteiger partial charge is 0.303 e. The molecule has 0 amide bonds. The molecule has 8 aliphatic rings. The summed E-state index contributed by atoms with van der Waals surface area (Å²) in [5, 5.41) is -0.414. The van der Waals surface area contributed by atoms with Crippen LogP contribution in [-0.4, -0.2) is 169 Å². The molecule has 0 N–H and O–H groups in total. The number of ketones is 1. The van der Waals surface area contributed by atoms with Crippen molar-refractivity contribution < 1.29 is 64.9 Å². The molecule has 0 aromatic rings. The largest absolute Gasteiger partial charge is 0.458 e. The quantitative estimate of drug-likeness (QED) is 0.0475. The number of esters is 1. The first-order valence-electron chi connectivity index (χ1n) is 35.7. The zero-order valence-electron chi connectivity index (χ0n) is 63.4. The molecule has 0 aliphatic carbocycles. The third kappa shape index (κ3) is 19.7. The number of rotatable bonds is 16. The van der Waals surface area contributed by atoms with Gasteiger partial charge in [-0.05, 0) is 154 Å². The van der Waals surface area contributed by atoms with Gasteiger partial charge in [0.2, 0.25) is 0 Å². The van der Waals surface area contributed by atoms with Gasteiger partial charge in [0.05, 0.1) is 67.6 Å². The number of methoxy groups -OCH3 is 1. The molecule has 0 radical (unpaired) electrons. The highest BCUT2D eigenvalue weighted by molar-refractivity contribution is 14.1. The summed E-state index contributed by atoms with van der Waals surface area (Å²) in [6.07, 6.45) is 7.60. The Kier molecular flexibility index (Phi) is 27.0. The predicted molar refractivity (Wildman–Crippen MR) is 395 cm³/mol. The van der Waals surface area contributed by atoms with Crippen molar-refractivity contribution in [3.63, 3.8) is 0 Å². The summed E-state index contributed by atoms with van der Waals surface area (Å²) in [5.74, 6) is -0.784. The Labute approximate surface area is 580 Å². The Balaban J connectivity index is 1.48. The fourth-order valence-electron chi connectivity index (χ4n) is 13.3. The van der Waals surface area contributed by atoms with E-state index in [9.17, 15) is 4.79 Å². The Hall–Kier alpha value is -0.00558. The fraction of sp³-hybridized carbons (Fsp3) is 0.917. The van der Waals surface area contributed by atoms with Crippen LogP contribution in [0, 0.1) is 11.8 Å². The number of carbonyl (C=O) groups is 2. The van der Waals surface area contributed by atoms with Crippen molar-refractivity contribution >= 4 is 75.9 Å². The van der Waals surface area contributed by atoms with Gasteiger partial charge in [-0.3, -0.25) is 9.59 Å². The Morgan fingerprint density at radius 1 is 0.652 bits per heavy atom. The third-order valence-electron chi connectivity index (χ3n) is 24.4. The Bertz CT molecular complexity index is 2470. The highest BCUT2D eigenvalue weighted by Crippen LogP contribution is 2.51. The van der Waals surface area contributed by atoms with Crippen LogP contribution in [0.3, 0.4) is 0 Å². The van der Waals surface area contributed by atoms with E-state index in [2.05, 4.69) is 211 Å². The van der Waals surface area contributed by atoms with Crippen LogP contribution in [0.25, 0.3) is 0 Å². The number of allylic oxidation sites excluding steroid dienone is 1. The van der Waals surface area contributed by atoms with Crippen molar-refractivity contribution in [1.29, 1.82) is 0 Å². The van der Waals surface area contributed by atoms with E-state index in [1.54, 1.807) is 7.11 Å². The first-order valence-corrected chi connectivity index (χ1v) is 51.7. The molecular weight excluding hydrogens is 1360 g/mol. The molecular formula is C72H135IO14Si5. The second kappa shape index (κ2) is 30.7. The van der Waals surface area contributed by atoms with Gasteiger partial charge < -0.3 is 55.3 Å². The summed E-state index contributed by atoms with van der Waals surface area (Å²) in [6.45, 7) is 66.3. The lowest BCUT2D eigenvalue weighted by Crippen LogP contribution is -2.69. The average molecular weight is 1490 g/mol. The van der Waals surface area contributed by atoms with Crippen LogP contribution < -0.4 is 0 Å². The molecule has 8 aliphatic heterocycles. The van der Waals surface area contributed by atoms with Gasteiger partial charge in [0.15, 0.2) is 41.6 Å². The molecule has 0 aromatic carbocycles. The van der Waals surface area contributed by atoms with E-state index in [-0.39, 0.29) is 80.3 Å². The standard InChI is InChI=1S/C72H135IO14Si5/c1-47-39-52-36-38-61-72(46-73,83-52)44-53(79-61)33-31-30-32-34-57(85-90(24,25)69(10,11)12)64-66(87-92(28,29)71(16,17)18)65(86-91(26,27)70(13,14)15)63-56(82-64)37-35-51(80-63)40-50(75)41-55-59(43-58(48(47)2)78-49(3)74)81-60(62(55)76-19)42-54(84-89(22,23)68(7,8)9)45-77-88(20,21)67(4,5)6/h32,34,47,51-66H,2,30-31,33,35-46H2,1,3-29H3/b34-32+/t47-,51?,52-,53+,54+,55+,56+,57?,58-,59+,60-,61+,62-,63+,64+,65?,66?,72-/m1/s1. The molecule has 18 atom stereocenters. The predicted octanol–water partition coefficient (Wildman–Crippen LogP) is 18.2. The molecule has 0 spiro atoms. The van der Waals surface area contributed by atoms with Gasteiger partial charge in [0.25, 0.3) is 0 Å². The van der Waals surface area contributed by atoms with E-state index < -0.39 is 120 Å². The van der Waals surface area contributed by atoms with Gasteiger partial charge in [-0.25, -0.2) is 0 Å². The fourth-order valence-corrected chi connectivity index (χ4v) is 20.5. The highest BCUT2D eigenvalue weighted by Gasteiger charge is 2.59. The molecule has 20 heteroatoms. The lowest BCUT2D eigenvalue weighted by molar-refractivity contribution is -0.266. The summed E-state index contributed by atoms with van der Waals surface area (Å²) in [4.78, 5) is 28.8. The van der Waals surface area contributed by atoms with Crippen LogP contribution in [0.15, 0.2) is 24.3 Å². The molecule has 5 fully saturated rings. The Morgan fingerprint density at radius 2 is 1.21 bits per heavy atom. The van der Waals surface area contributed by atoms with Gasteiger partial charge in [-0.2, -0.15) is 0 Å². The van der Waals surface area contributed by atoms with E-state index >= 15 is 4.79 Å². The molecule has 0 saturated carbocycles. The van der Waals surface area contributed by atoms with Crippen molar-refractivity contribution in [3.8, 4) is 0 Å². The maximum absolute atomic E-state index is 15.5. The van der Waals surface area contributed by atoms with Gasteiger partial charge >= 0.3 is 5.97 Å². The van der Waals surface area contributed by atoms with Crippen molar-refractivity contribution in [2.75, 3.05) is 18.1 Å². The van der Waals surface area contributed by atoms with Crippen LogP contribution in [0.2, 0.25) is 90.7 Å². The molecule has 0 aromatic heterocycles. The average Bonchev–Trinajstić information content (AvgIpc) is 0.800. The van der Waals surface area contributed by atoms with Crippen molar-refractivity contribution in [2.45, 2.75) is 389 Å². The van der Waals surface area contributed by atoms with Crippen LogP contribution in [0.4, 0.5) is 0 Å². The summed E-state index contributed by atoms with van der Waals surface area (Å²) < 4.78 is 88.2. The van der Waals surface area contributed by atoms with Crippen molar-refractivity contribution in [3.05, 3.63) is 24.3 Å². The zero-order valence-corrected chi connectivity index (χ0v) is 70.5. The van der Waals surface area contributed by atoms with Crippen LogP contribution in [-0.2, 0) is 64.9 Å². The maximum Gasteiger partial charge on any atom is 0.303 e. The van der Waals surface area contributed by atoms with E-state index in [1.807, 2.05) is 0 Å². The highest BCUT2D eigenvalue weighted by atomic mass is 127. The second-order valence-corrected chi connectivity index (χ2v) is 61.3. The first-order chi connectivity index (χ1) is 41.9. The minimum atomic E-state index is -2.56. The van der Waals surface area contributed by atoms with Gasteiger partial charge in [0.1, 0.15) is 41.9 Å². The van der Waals surface area contributed by atoms with Crippen molar-refractivity contribution in [1.82, 2.24) is 0 Å². The number of fused-ring (bicyclic) bond motifs is 2. The van der Waals surface area contributed by atoms with E-state index in [0.29, 0.717) is 32.3 Å². The topological polar surface area (TPSA) is 145 Å². The minimum absolute atomic E-state index is 0.00768. The summed E-state index contributed by atoms with van der Waals surface area (Å²) in [6, 6.07) is 0. The number of hydrogen-bond donors (Lipinski definition) is 0. The summed E-state index contributed by atoms with van der Waals surface area (Å²) >= 11 is 2.52. The lowest BCUT2D eigenvalue weighted by atomic mass is 9.81. The SMILES string of the molecule is C=C1[C@H](C)C[C@H]2CC[C@@H]3O[C@@H](CCC/C=C/C(O[Si](C)(C)C(C)(C)C)[C@@H]4O[C@H]5CCC(CC(=O)C[C@@H]6[C@@H](OC)[C@@H](C[C@@H](CO[Si](C)(C)C(C)(C)C)O[Si](C)(C)C(C)(C)C)O[C@H]6C[C@H]1OC(C)=O)O[C@@H]5C(O[Si](C)(C)C(C)(C)C)C4O[Si](C)(C)C(C)(C)C)C[C@]3(CI)O2. The second-order valence-electron chi connectivity index (χ2n) is 36.7. The van der Waals surface area contributed by atoms with E-state index in [0.717, 1.165) is 54.9 Å². The molecule has 7 bridgehead atoms. The number of hydrogen-bond acceptors (Lipinski definition) is 14. The van der Waals surface area contributed by atoms with Crippen LogP contribution >= 0.6 is 22.6 Å². The minimum Gasteiger partial charge on any atom is -0.458 e. The van der Waals surface area contributed by atoms with E-state index in [1.165, 1.54) is 6.92 Å². The molecule has 8 rings (SSSR count). The molecule has 534 valence electrons. The Morgan fingerprint density at radius 3 is 1.75 bits per heavy atom.